The van der Waals surface area contributed by atoms with Crippen LogP contribution in [0.4, 0.5) is 0 Å². The highest BCUT2D eigenvalue weighted by atomic mass is 31.2. The molecule has 3 heteroatoms. The van der Waals surface area contributed by atoms with Crippen LogP contribution in [-0.4, -0.2) is 4.89 Å². The predicted octanol–water partition coefficient (Wildman–Crippen LogP) is 3.25. The third-order valence-electron chi connectivity index (χ3n) is 2.39. The van der Waals surface area contributed by atoms with Gasteiger partial charge in [0.15, 0.2) is 0 Å². The summed E-state index contributed by atoms with van der Waals surface area (Å²) in [7, 11) is -3.39. The lowest BCUT2D eigenvalue weighted by molar-refractivity contribution is 0.500. The third-order valence-corrected chi connectivity index (χ3v) is 3.99. The molecule has 0 bridgehead atoms. The summed E-state index contributed by atoms with van der Waals surface area (Å²) in [5.41, 5.74) is 0.915. The summed E-state index contributed by atoms with van der Waals surface area (Å²) in [5, 5.41) is 0.451. The van der Waals surface area contributed by atoms with E-state index in [9.17, 15) is 9.46 Å². The maximum absolute atomic E-state index is 12.1. The van der Waals surface area contributed by atoms with E-state index >= 15 is 0 Å². The Labute approximate surface area is 101 Å². The average molecular weight is 244 g/mol. The monoisotopic (exact) mass is 244 g/mol. The molecule has 2 nitrogen and oxygen atoms in total. The zero-order valence-electron chi connectivity index (χ0n) is 9.23. The van der Waals surface area contributed by atoms with Crippen LogP contribution in [-0.2, 0) is 4.57 Å². The lowest BCUT2D eigenvalue weighted by atomic mass is 10.2. The summed E-state index contributed by atoms with van der Waals surface area (Å²) in [6.07, 6.45) is 1.67. The van der Waals surface area contributed by atoms with Crippen LogP contribution in [0, 0.1) is 0 Å². The van der Waals surface area contributed by atoms with E-state index in [-0.39, 0.29) is 0 Å². The van der Waals surface area contributed by atoms with Gasteiger partial charge in [-0.1, -0.05) is 48.5 Å². The van der Waals surface area contributed by atoms with Crippen molar-refractivity contribution in [2.45, 2.75) is 0 Å². The molecule has 0 amide bonds. The molecule has 0 aliphatic rings. The van der Waals surface area contributed by atoms with E-state index in [1.165, 1.54) is 5.82 Å². The number of hydrogen-bond donors (Lipinski definition) is 1. The van der Waals surface area contributed by atoms with Crippen LogP contribution in [0.5, 0.6) is 0 Å². The lowest BCUT2D eigenvalue weighted by Crippen LogP contribution is -2.00. The Balaban J connectivity index is 2.24. The maximum atomic E-state index is 12.1. The second kappa shape index (κ2) is 5.13. The van der Waals surface area contributed by atoms with Crippen LogP contribution in [0.1, 0.15) is 5.56 Å². The molecule has 1 atom stereocenters. The van der Waals surface area contributed by atoms with E-state index in [2.05, 4.69) is 0 Å². The minimum atomic E-state index is -3.39. The number of rotatable bonds is 3. The highest BCUT2D eigenvalue weighted by Crippen LogP contribution is 2.41. The van der Waals surface area contributed by atoms with Gasteiger partial charge in [-0.25, -0.2) is 0 Å². The van der Waals surface area contributed by atoms with Gasteiger partial charge in [-0.3, -0.25) is 4.57 Å². The van der Waals surface area contributed by atoms with E-state index in [4.69, 9.17) is 0 Å². The summed E-state index contributed by atoms with van der Waals surface area (Å²) < 4.78 is 12.1. The van der Waals surface area contributed by atoms with Crippen molar-refractivity contribution in [2.24, 2.45) is 0 Å². The molecule has 0 aliphatic carbocycles. The molecule has 2 aromatic rings. The quantitative estimate of drug-likeness (QED) is 0.841. The Kier molecular flexibility index (Phi) is 3.58. The first-order valence-corrected chi connectivity index (χ1v) is 7.04. The molecule has 1 unspecified atom stereocenters. The van der Waals surface area contributed by atoms with E-state index in [0.29, 0.717) is 5.30 Å². The fourth-order valence-corrected chi connectivity index (χ4v) is 2.62. The summed E-state index contributed by atoms with van der Waals surface area (Å²) in [5.74, 6) is 1.37. The minimum Gasteiger partial charge on any atom is -0.338 e. The smallest absolute Gasteiger partial charge is 0.251 e. The van der Waals surface area contributed by atoms with Crippen molar-refractivity contribution in [3.8, 4) is 0 Å². The summed E-state index contributed by atoms with van der Waals surface area (Å²) >= 11 is 0. The summed E-state index contributed by atoms with van der Waals surface area (Å²) in [6.45, 7) is 0. The van der Waals surface area contributed by atoms with Gasteiger partial charge in [0.2, 0.25) is 0 Å². The van der Waals surface area contributed by atoms with Crippen molar-refractivity contribution in [1.82, 2.24) is 0 Å². The molecule has 0 aliphatic heterocycles. The molecule has 1 N–H and O–H groups in total. The van der Waals surface area contributed by atoms with Crippen LogP contribution in [0.3, 0.4) is 0 Å². The molecule has 0 saturated carbocycles. The van der Waals surface area contributed by atoms with Crippen molar-refractivity contribution >= 4 is 18.7 Å². The van der Waals surface area contributed by atoms with E-state index in [0.717, 1.165) is 5.56 Å². The summed E-state index contributed by atoms with van der Waals surface area (Å²) in [6, 6.07) is 18.1. The van der Waals surface area contributed by atoms with Crippen molar-refractivity contribution in [3.63, 3.8) is 0 Å². The van der Waals surface area contributed by atoms with Crippen LogP contribution < -0.4 is 5.30 Å². The highest BCUT2D eigenvalue weighted by molar-refractivity contribution is 7.69. The van der Waals surface area contributed by atoms with Crippen LogP contribution in [0.25, 0.3) is 6.08 Å². The topological polar surface area (TPSA) is 37.3 Å². The number of benzene rings is 2. The first-order valence-electron chi connectivity index (χ1n) is 5.31. The van der Waals surface area contributed by atoms with Crippen molar-refractivity contribution in [2.75, 3.05) is 0 Å². The van der Waals surface area contributed by atoms with Crippen LogP contribution in [0.15, 0.2) is 66.5 Å². The molecule has 2 aromatic carbocycles. The Bertz CT molecular complexity index is 547. The molecule has 17 heavy (non-hydrogen) atoms. The van der Waals surface area contributed by atoms with Crippen LogP contribution >= 0.6 is 7.37 Å². The molecule has 0 fully saturated rings. The van der Waals surface area contributed by atoms with Gasteiger partial charge in [0.25, 0.3) is 7.37 Å². The lowest BCUT2D eigenvalue weighted by Gasteiger charge is -2.05. The SMILES string of the molecule is O=P(O)(/C=C\c1ccccc1)c1ccccc1. The standard InChI is InChI=1S/C14H13O2P/c15-17(16,14-9-5-2-6-10-14)12-11-13-7-3-1-4-8-13/h1-12H,(H,15,16)/b12-11-. The van der Waals surface area contributed by atoms with Gasteiger partial charge >= 0.3 is 0 Å². The highest BCUT2D eigenvalue weighted by Gasteiger charge is 2.15. The average Bonchev–Trinajstić information content (AvgIpc) is 2.39. The molecular weight excluding hydrogens is 231 g/mol. The van der Waals surface area contributed by atoms with Gasteiger partial charge in [0.1, 0.15) is 0 Å². The fraction of sp³-hybridized carbons (Fsp3) is 0. The van der Waals surface area contributed by atoms with Crippen molar-refractivity contribution < 1.29 is 9.46 Å². The second-order valence-electron chi connectivity index (χ2n) is 3.68. The molecule has 0 heterocycles. The molecule has 0 spiro atoms. The fourth-order valence-electron chi connectivity index (χ4n) is 1.48. The van der Waals surface area contributed by atoms with E-state index < -0.39 is 7.37 Å². The first kappa shape index (κ1) is 11.8. The Morgan fingerprint density at radius 3 is 2.00 bits per heavy atom. The van der Waals surface area contributed by atoms with Gasteiger partial charge in [0.05, 0.1) is 0 Å². The summed E-state index contributed by atoms with van der Waals surface area (Å²) in [4.78, 5) is 9.92. The Hall–Kier alpha value is -1.63. The molecule has 0 aromatic heterocycles. The normalized spacial score (nSPS) is 14.6. The Morgan fingerprint density at radius 1 is 0.882 bits per heavy atom. The largest absolute Gasteiger partial charge is 0.338 e. The van der Waals surface area contributed by atoms with Crippen LogP contribution in [0.2, 0.25) is 0 Å². The van der Waals surface area contributed by atoms with Crippen molar-refractivity contribution in [3.05, 3.63) is 72.0 Å². The Morgan fingerprint density at radius 2 is 1.41 bits per heavy atom. The minimum absolute atomic E-state index is 0.451. The van der Waals surface area contributed by atoms with Gasteiger partial charge in [0, 0.05) is 11.1 Å². The molecular formula is C14H13O2P. The zero-order valence-corrected chi connectivity index (χ0v) is 10.1. The van der Waals surface area contributed by atoms with Gasteiger partial charge in [-0.05, 0) is 23.8 Å². The van der Waals surface area contributed by atoms with Gasteiger partial charge in [-0.15, -0.1) is 0 Å². The first-order chi connectivity index (χ1) is 8.18. The predicted molar refractivity (Wildman–Crippen MR) is 71.4 cm³/mol. The molecule has 2 rings (SSSR count). The second-order valence-corrected chi connectivity index (χ2v) is 5.75. The van der Waals surface area contributed by atoms with Crippen molar-refractivity contribution in [1.29, 1.82) is 0 Å². The maximum Gasteiger partial charge on any atom is 0.251 e. The van der Waals surface area contributed by atoms with Gasteiger partial charge in [-0.2, -0.15) is 0 Å². The number of hydrogen-bond acceptors (Lipinski definition) is 1. The molecule has 86 valence electrons. The van der Waals surface area contributed by atoms with E-state index in [1.807, 2.05) is 36.4 Å². The third kappa shape index (κ3) is 3.16. The van der Waals surface area contributed by atoms with E-state index in [1.54, 1.807) is 30.3 Å². The van der Waals surface area contributed by atoms with Gasteiger partial charge < -0.3 is 4.89 Å². The molecule has 0 saturated heterocycles. The zero-order chi connectivity index (χ0) is 12.1. The molecule has 0 radical (unpaired) electrons.